The van der Waals surface area contributed by atoms with E-state index in [4.69, 9.17) is 5.73 Å². The van der Waals surface area contributed by atoms with Gasteiger partial charge in [0.15, 0.2) is 0 Å². The Bertz CT molecular complexity index is 527. The van der Waals surface area contributed by atoms with Gasteiger partial charge in [-0.2, -0.15) is 0 Å². The molecule has 0 radical (unpaired) electrons. The van der Waals surface area contributed by atoms with Crippen molar-refractivity contribution in [2.24, 2.45) is 0 Å². The van der Waals surface area contributed by atoms with E-state index in [1.165, 1.54) is 11.1 Å². The fourth-order valence-electron chi connectivity index (χ4n) is 2.32. The van der Waals surface area contributed by atoms with Crippen molar-refractivity contribution >= 4 is 5.82 Å². The van der Waals surface area contributed by atoms with Crippen LogP contribution >= 0.6 is 0 Å². The van der Waals surface area contributed by atoms with Crippen LogP contribution in [0.1, 0.15) is 23.0 Å². The zero-order chi connectivity index (χ0) is 11.8. The predicted molar refractivity (Wildman–Crippen MR) is 67.7 cm³/mol. The first kappa shape index (κ1) is 10.4. The number of hydrogen-bond donors (Lipinski definition) is 2. The van der Waals surface area contributed by atoms with Gasteiger partial charge >= 0.3 is 0 Å². The highest BCUT2D eigenvalue weighted by atomic mass is 15.2. The minimum atomic E-state index is 0.154. The van der Waals surface area contributed by atoms with Crippen LogP contribution in [-0.2, 0) is 6.54 Å². The summed E-state index contributed by atoms with van der Waals surface area (Å²) in [7, 11) is 0. The molecule has 1 aliphatic rings. The Kier molecular flexibility index (Phi) is 2.37. The van der Waals surface area contributed by atoms with Gasteiger partial charge in [-0.1, -0.05) is 29.8 Å². The van der Waals surface area contributed by atoms with E-state index in [9.17, 15) is 0 Å². The summed E-state index contributed by atoms with van der Waals surface area (Å²) in [6, 6.07) is 8.70. The lowest BCUT2D eigenvalue weighted by Crippen LogP contribution is -2.34. The second-order valence-corrected chi connectivity index (χ2v) is 4.49. The number of anilines is 1. The van der Waals surface area contributed by atoms with E-state index in [0.717, 1.165) is 24.7 Å². The molecule has 0 bridgehead atoms. The molecular formula is C13H16N4. The largest absolute Gasteiger partial charge is 0.384 e. The molecular weight excluding hydrogens is 212 g/mol. The maximum atomic E-state index is 5.90. The van der Waals surface area contributed by atoms with Gasteiger partial charge in [0, 0.05) is 13.1 Å². The molecule has 0 amide bonds. The summed E-state index contributed by atoms with van der Waals surface area (Å²) in [6.07, 6.45) is 1.74. The molecule has 1 aliphatic heterocycles. The van der Waals surface area contributed by atoms with Crippen LogP contribution in [0.3, 0.4) is 0 Å². The first-order valence-electron chi connectivity index (χ1n) is 5.86. The maximum absolute atomic E-state index is 5.90. The minimum Gasteiger partial charge on any atom is -0.384 e. The highest BCUT2D eigenvalue weighted by Crippen LogP contribution is 2.25. The third-order valence-electron chi connectivity index (χ3n) is 3.27. The topological polar surface area (TPSA) is 55.9 Å². The number of imidazole rings is 1. The number of nitrogen functional groups attached to an aromatic ring is 1. The summed E-state index contributed by atoms with van der Waals surface area (Å²) in [5.41, 5.74) is 8.41. The Balaban J connectivity index is 2.02. The summed E-state index contributed by atoms with van der Waals surface area (Å²) in [5, 5.41) is 3.49. The van der Waals surface area contributed by atoms with Crippen LogP contribution in [0.25, 0.3) is 0 Å². The molecule has 1 unspecified atom stereocenters. The molecule has 88 valence electrons. The van der Waals surface area contributed by atoms with Crippen molar-refractivity contribution < 1.29 is 0 Å². The summed E-state index contributed by atoms with van der Waals surface area (Å²) in [5.74, 6) is 1.76. The molecule has 2 heterocycles. The van der Waals surface area contributed by atoms with Crippen molar-refractivity contribution in [3.63, 3.8) is 0 Å². The monoisotopic (exact) mass is 228 g/mol. The van der Waals surface area contributed by atoms with Gasteiger partial charge < -0.3 is 15.6 Å². The Morgan fingerprint density at radius 1 is 1.35 bits per heavy atom. The quantitative estimate of drug-likeness (QED) is 0.777. The Morgan fingerprint density at radius 3 is 2.88 bits per heavy atom. The SMILES string of the molecule is Cc1ccc(C2NCCn3c(N)cnc32)cc1. The van der Waals surface area contributed by atoms with Crippen LogP contribution in [0.15, 0.2) is 30.5 Å². The highest BCUT2D eigenvalue weighted by Gasteiger charge is 2.23. The van der Waals surface area contributed by atoms with E-state index in [2.05, 4.69) is 46.1 Å². The minimum absolute atomic E-state index is 0.154. The van der Waals surface area contributed by atoms with Gasteiger partial charge in [0.2, 0.25) is 0 Å². The molecule has 3 rings (SSSR count). The summed E-state index contributed by atoms with van der Waals surface area (Å²) < 4.78 is 2.08. The number of aromatic nitrogens is 2. The van der Waals surface area contributed by atoms with Gasteiger partial charge in [-0.05, 0) is 12.5 Å². The lowest BCUT2D eigenvalue weighted by Gasteiger charge is -2.26. The third-order valence-corrected chi connectivity index (χ3v) is 3.27. The standard InChI is InChI=1S/C13H16N4/c1-9-2-4-10(5-3-9)12-13-16-8-11(14)17(13)7-6-15-12/h2-5,8,12,15H,6-7,14H2,1H3. The van der Waals surface area contributed by atoms with Crippen molar-refractivity contribution in [2.75, 3.05) is 12.3 Å². The number of aryl methyl sites for hydroxylation is 1. The lowest BCUT2D eigenvalue weighted by atomic mass is 10.0. The summed E-state index contributed by atoms with van der Waals surface area (Å²) >= 11 is 0. The molecule has 4 nitrogen and oxygen atoms in total. The fourth-order valence-corrected chi connectivity index (χ4v) is 2.32. The number of nitrogens with one attached hydrogen (secondary N) is 1. The summed E-state index contributed by atoms with van der Waals surface area (Å²) in [6.45, 7) is 3.91. The molecule has 17 heavy (non-hydrogen) atoms. The first-order valence-corrected chi connectivity index (χ1v) is 5.86. The molecule has 3 N–H and O–H groups in total. The molecule has 0 saturated heterocycles. The molecule has 0 saturated carbocycles. The van der Waals surface area contributed by atoms with Crippen LogP contribution in [-0.4, -0.2) is 16.1 Å². The van der Waals surface area contributed by atoms with E-state index in [1.807, 2.05) is 0 Å². The second-order valence-electron chi connectivity index (χ2n) is 4.49. The number of nitrogens with two attached hydrogens (primary N) is 1. The first-order chi connectivity index (χ1) is 8.25. The van der Waals surface area contributed by atoms with Gasteiger partial charge in [-0.15, -0.1) is 0 Å². The third kappa shape index (κ3) is 1.70. The number of fused-ring (bicyclic) bond motifs is 1. The normalized spacial score (nSPS) is 19.0. The molecule has 0 aliphatic carbocycles. The van der Waals surface area contributed by atoms with Crippen molar-refractivity contribution in [2.45, 2.75) is 19.5 Å². The van der Waals surface area contributed by atoms with Crippen molar-refractivity contribution in [1.29, 1.82) is 0 Å². The average molecular weight is 228 g/mol. The van der Waals surface area contributed by atoms with E-state index >= 15 is 0 Å². The van der Waals surface area contributed by atoms with Crippen molar-refractivity contribution in [3.05, 3.63) is 47.4 Å². The second kappa shape index (κ2) is 3.89. The maximum Gasteiger partial charge on any atom is 0.132 e. The van der Waals surface area contributed by atoms with Gasteiger partial charge in [0.1, 0.15) is 11.6 Å². The lowest BCUT2D eigenvalue weighted by molar-refractivity contribution is 0.459. The smallest absolute Gasteiger partial charge is 0.132 e. The van der Waals surface area contributed by atoms with Crippen molar-refractivity contribution in [3.8, 4) is 0 Å². The van der Waals surface area contributed by atoms with Gasteiger partial charge in [-0.25, -0.2) is 4.98 Å². The number of benzene rings is 1. The molecule has 4 heteroatoms. The van der Waals surface area contributed by atoms with Gasteiger partial charge in [0.25, 0.3) is 0 Å². The van der Waals surface area contributed by atoms with Gasteiger partial charge in [-0.3, -0.25) is 0 Å². The average Bonchev–Trinajstić information content (AvgIpc) is 2.73. The Labute approximate surface area is 100 Å². The van der Waals surface area contributed by atoms with E-state index in [-0.39, 0.29) is 6.04 Å². The number of hydrogen-bond acceptors (Lipinski definition) is 3. The van der Waals surface area contributed by atoms with Crippen LogP contribution in [0.4, 0.5) is 5.82 Å². The zero-order valence-electron chi connectivity index (χ0n) is 9.85. The van der Waals surface area contributed by atoms with E-state index < -0.39 is 0 Å². The van der Waals surface area contributed by atoms with Crippen LogP contribution in [0.2, 0.25) is 0 Å². The number of nitrogens with zero attached hydrogens (tertiary/aromatic N) is 2. The van der Waals surface area contributed by atoms with Crippen LogP contribution < -0.4 is 11.1 Å². The summed E-state index contributed by atoms with van der Waals surface area (Å²) in [4.78, 5) is 4.41. The molecule has 1 atom stereocenters. The van der Waals surface area contributed by atoms with Crippen LogP contribution in [0.5, 0.6) is 0 Å². The Hall–Kier alpha value is -1.81. The molecule has 0 fully saturated rings. The molecule has 0 spiro atoms. The van der Waals surface area contributed by atoms with E-state index in [0.29, 0.717) is 0 Å². The number of rotatable bonds is 1. The van der Waals surface area contributed by atoms with Crippen LogP contribution in [0, 0.1) is 6.92 Å². The molecule has 1 aromatic heterocycles. The van der Waals surface area contributed by atoms with Gasteiger partial charge in [0.05, 0.1) is 12.2 Å². The Morgan fingerprint density at radius 2 is 2.12 bits per heavy atom. The molecule has 2 aromatic rings. The van der Waals surface area contributed by atoms with E-state index in [1.54, 1.807) is 6.20 Å². The predicted octanol–water partition coefficient (Wildman–Crippen LogP) is 1.47. The fraction of sp³-hybridized carbons (Fsp3) is 0.308. The zero-order valence-corrected chi connectivity index (χ0v) is 9.85. The van der Waals surface area contributed by atoms with Crippen molar-refractivity contribution in [1.82, 2.24) is 14.9 Å². The highest BCUT2D eigenvalue weighted by molar-refractivity contribution is 5.35. The molecule has 1 aromatic carbocycles.